The molecule has 2 saturated heterocycles. The molecule has 2 aromatic rings. The summed E-state index contributed by atoms with van der Waals surface area (Å²) in [5.41, 5.74) is 1.07. The van der Waals surface area contributed by atoms with Gasteiger partial charge in [-0.25, -0.2) is 19.6 Å². The van der Waals surface area contributed by atoms with E-state index in [4.69, 9.17) is 9.47 Å². The van der Waals surface area contributed by atoms with Crippen LogP contribution in [0.1, 0.15) is 102 Å². The topological polar surface area (TPSA) is 148 Å². The minimum absolute atomic E-state index is 0.0805. The third kappa shape index (κ3) is 8.54. The molecule has 0 bridgehead atoms. The summed E-state index contributed by atoms with van der Waals surface area (Å²) >= 11 is 6.70. The number of nitrogens with zero attached hydrogens (tertiary/aromatic N) is 9. The summed E-state index contributed by atoms with van der Waals surface area (Å²) in [5.74, 6) is 2.23. The molecule has 4 amide bonds. The second kappa shape index (κ2) is 15.1. The Morgan fingerprint density at radius 3 is 1.72 bits per heavy atom. The Labute approximate surface area is 308 Å². The summed E-state index contributed by atoms with van der Waals surface area (Å²) in [5, 5.41) is 0. The van der Waals surface area contributed by atoms with Crippen LogP contribution in [0.3, 0.4) is 0 Å². The number of carbonyl (C=O) groups is 4. The first kappa shape index (κ1) is 39.4. The van der Waals surface area contributed by atoms with E-state index in [1.807, 2.05) is 77.8 Å². The van der Waals surface area contributed by atoms with E-state index in [0.717, 1.165) is 27.6 Å². The Morgan fingerprint density at radius 1 is 0.840 bits per heavy atom. The van der Waals surface area contributed by atoms with Gasteiger partial charge < -0.3 is 38.2 Å². The summed E-state index contributed by atoms with van der Waals surface area (Å²) in [6.07, 6.45) is 1.25. The van der Waals surface area contributed by atoms with Gasteiger partial charge in [0.05, 0.1) is 42.5 Å². The van der Waals surface area contributed by atoms with Crippen molar-refractivity contribution in [3.05, 3.63) is 33.8 Å². The first-order chi connectivity index (χ1) is 23.2. The maximum absolute atomic E-state index is 12.3. The molecular formula is C32H48BBrN9O6S. The number of rotatable bonds is 2. The van der Waals surface area contributed by atoms with Crippen molar-refractivity contribution in [3.8, 4) is 0 Å². The fourth-order valence-electron chi connectivity index (χ4n) is 6.31. The molecule has 18 heteroatoms. The van der Waals surface area contributed by atoms with Crippen molar-refractivity contribution < 1.29 is 28.7 Å². The van der Waals surface area contributed by atoms with Crippen molar-refractivity contribution in [2.24, 2.45) is 4.30 Å². The summed E-state index contributed by atoms with van der Waals surface area (Å²) in [6, 6.07) is -0.514. The van der Waals surface area contributed by atoms with Crippen molar-refractivity contribution in [2.45, 2.75) is 104 Å². The van der Waals surface area contributed by atoms with E-state index < -0.39 is 11.2 Å². The van der Waals surface area contributed by atoms with Crippen LogP contribution in [0, 0.1) is 0 Å². The first-order valence-corrected chi connectivity index (χ1v) is 17.7. The van der Waals surface area contributed by atoms with Crippen molar-refractivity contribution in [3.63, 3.8) is 0 Å². The molecule has 2 fully saturated rings. The Balaban J connectivity index is 0.000000209. The third-order valence-corrected chi connectivity index (χ3v) is 9.35. The van der Waals surface area contributed by atoms with Crippen LogP contribution < -0.4 is 0 Å². The molecule has 0 aromatic carbocycles. The van der Waals surface area contributed by atoms with E-state index in [-0.39, 0.29) is 47.9 Å². The number of fused-ring (bicyclic) bond motifs is 2. The molecule has 273 valence electrons. The van der Waals surface area contributed by atoms with Gasteiger partial charge in [-0.3, -0.25) is 9.59 Å². The number of amides is 4. The summed E-state index contributed by atoms with van der Waals surface area (Å²) in [7, 11) is 7.95. The van der Waals surface area contributed by atoms with Gasteiger partial charge in [0.2, 0.25) is 11.8 Å². The van der Waals surface area contributed by atoms with Crippen molar-refractivity contribution in [1.82, 2.24) is 38.7 Å². The number of likely N-dealkylation sites (tertiary alicyclic amines) is 2. The van der Waals surface area contributed by atoms with Crippen molar-refractivity contribution in [2.75, 3.05) is 40.3 Å². The SMILES string of the molecule is CC1C(=O)N(C)Cc2c(Br)nc(C3CN(C(=O)OC(C)(C)C)C3)n21.CC1C(=O)N(C)Cc2cnc(C3CN(C(=O)OC(C)(C)C)C3)n21.[B]=NS. The second-order valence-corrected chi connectivity index (χ2v) is 16.1. The zero-order chi connectivity index (χ0) is 37.5. The molecule has 4 aliphatic rings. The van der Waals surface area contributed by atoms with Gasteiger partial charge in [-0.1, -0.05) is 0 Å². The normalized spacial score (nSPS) is 20.7. The maximum atomic E-state index is 12.3. The van der Waals surface area contributed by atoms with E-state index in [9.17, 15) is 19.2 Å². The number of ether oxygens (including phenoxy) is 2. The average molecular weight is 778 g/mol. The number of thiol groups is 1. The molecule has 0 aliphatic carbocycles. The Bertz CT molecular complexity index is 1620. The fourth-order valence-corrected chi connectivity index (χ4v) is 6.81. The van der Waals surface area contributed by atoms with E-state index in [2.05, 4.69) is 50.7 Å². The van der Waals surface area contributed by atoms with Crippen LogP contribution in [0.25, 0.3) is 0 Å². The molecule has 2 aromatic heterocycles. The zero-order valence-electron chi connectivity index (χ0n) is 30.5. The van der Waals surface area contributed by atoms with Crippen LogP contribution in [0.4, 0.5) is 9.59 Å². The Kier molecular flexibility index (Phi) is 11.9. The average Bonchev–Trinajstić information content (AvgIpc) is 3.48. The molecule has 0 saturated carbocycles. The quantitative estimate of drug-likeness (QED) is 0.348. The van der Waals surface area contributed by atoms with E-state index in [1.165, 1.54) is 0 Å². The van der Waals surface area contributed by atoms with Gasteiger partial charge in [-0.05, 0) is 71.3 Å². The van der Waals surface area contributed by atoms with Crippen molar-refractivity contribution in [1.29, 1.82) is 0 Å². The number of imidazole rings is 2. The Morgan fingerprint density at radius 2 is 1.26 bits per heavy atom. The van der Waals surface area contributed by atoms with Gasteiger partial charge in [0.25, 0.3) is 0 Å². The summed E-state index contributed by atoms with van der Waals surface area (Å²) in [4.78, 5) is 64.5. The molecule has 2 atom stereocenters. The van der Waals surface area contributed by atoms with Gasteiger partial charge in [-0.15, -0.1) is 0 Å². The fraction of sp³-hybridized carbons (Fsp3) is 0.688. The van der Waals surface area contributed by atoms with Gasteiger partial charge in [0.1, 0.15) is 39.5 Å². The van der Waals surface area contributed by atoms with Crippen LogP contribution in [-0.4, -0.2) is 122 Å². The Hall–Kier alpha value is -3.41. The number of aromatic nitrogens is 4. The van der Waals surface area contributed by atoms with Crippen LogP contribution in [0.2, 0.25) is 0 Å². The van der Waals surface area contributed by atoms with Crippen LogP contribution >= 0.6 is 28.7 Å². The number of halogens is 1. The van der Waals surface area contributed by atoms with E-state index in [0.29, 0.717) is 39.3 Å². The molecule has 0 spiro atoms. The molecule has 50 heavy (non-hydrogen) atoms. The third-order valence-electron chi connectivity index (χ3n) is 8.72. The molecular weight excluding hydrogens is 729 g/mol. The molecule has 4 aliphatic heterocycles. The van der Waals surface area contributed by atoms with E-state index in [1.54, 1.807) is 26.6 Å². The predicted octanol–water partition coefficient (Wildman–Crippen LogP) is 4.45. The molecule has 0 N–H and O–H groups in total. The van der Waals surface area contributed by atoms with Gasteiger partial charge in [-0.2, -0.15) is 0 Å². The van der Waals surface area contributed by atoms with Crippen LogP contribution in [0.15, 0.2) is 15.1 Å². The van der Waals surface area contributed by atoms with Crippen LogP contribution in [0.5, 0.6) is 0 Å². The van der Waals surface area contributed by atoms with E-state index >= 15 is 0 Å². The monoisotopic (exact) mass is 776 g/mol. The molecule has 2 unspecified atom stereocenters. The summed E-state index contributed by atoms with van der Waals surface area (Å²) in [6.45, 7) is 18.4. The van der Waals surface area contributed by atoms with Gasteiger partial charge in [0, 0.05) is 40.3 Å². The predicted molar refractivity (Wildman–Crippen MR) is 193 cm³/mol. The number of carbonyl (C=O) groups excluding carboxylic acids is 4. The number of hydrogen-bond donors (Lipinski definition) is 1. The van der Waals surface area contributed by atoms with Gasteiger partial charge in [0.15, 0.2) is 0 Å². The minimum atomic E-state index is -0.497. The standard InChI is InChI=1S/C16H23BrN4O3.C16H24N4O3.BHNS/c1-9-14(22)19(5)8-11-12(17)18-13(21(9)11)10-6-20(7-10)15(23)24-16(2,3)4;1-10-14(21)18(5)9-12-6-17-13(20(10)12)11-7-19(8-11)15(22)23-16(2,3)4;1-2-3/h9-10H,6-8H2,1-5H3;6,10-11H,7-9H2,1-5H3;3H. The second-order valence-electron chi connectivity index (χ2n) is 15.1. The first-order valence-electron chi connectivity index (χ1n) is 16.5. The van der Waals surface area contributed by atoms with Crippen LogP contribution in [-0.2, 0) is 32.2 Å². The number of hydrogen-bond acceptors (Lipinski definition) is 10. The molecule has 6 rings (SSSR count). The number of likely N-dealkylation sites (N-methyl/N-ethyl adjacent to an activating group) is 2. The summed E-state index contributed by atoms with van der Waals surface area (Å²) < 4.78 is 18.3. The van der Waals surface area contributed by atoms with Crippen molar-refractivity contribution >= 4 is 60.4 Å². The molecule has 6 heterocycles. The molecule has 1 radical (unpaired) electrons. The molecule has 15 nitrogen and oxygen atoms in total. The zero-order valence-corrected chi connectivity index (χ0v) is 33.0. The van der Waals surface area contributed by atoms with Gasteiger partial charge >= 0.3 is 36.9 Å².